The molecule has 0 radical (unpaired) electrons. The molecule has 0 spiro atoms. The maximum atomic E-state index is 12.4. The molecular formula is C20H13N5O3S. The highest BCUT2D eigenvalue weighted by molar-refractivity contribution is 7.98. The number of benzene rings is 2. The van der Waals surface area contributed by atoms with Crippen molar-refractivity contribution >= 4 is 22.8 Å². The molecule has 0 fully saturated rings. The highest BCUT2D eigenvalue weighted by atomic mass is 32.2. The summed E-state index contributed by atoms with van der Waals surface area (Å²) in [7, 11) is 0. The minimum atomic E-state index is -0.484. The number of rotatable bonds is 4. The molecular weight excluding hydrogens is 390 g/mol. The summed E-state index contributed by atoms with van der Waals surface area (Å²) in [5, 5.41) is 9.85. The van der Waals surface area contributed by atoms with Crippen LogP contribution in [0, 0.1) is 11.3 Å². The number of para-hydroxylation sites is 2. The number of fused-ring (bicyclic) bond motifs is 2. The van der Waals surface area contributed by atoms with E-state index >= 15 is 0 Å². The molecule has 142 valence electrons. The van der Waals surface area contributed by atoms with Gasteiger partial charge < -0.3 is 19.4 Å². The molecule has 0 bridgehead atoms. The fourth-order valence-corrected chi connectivity index (χ4v) is 3.82. The molecule has 0 atom stereocenters. The molecule has 0 amide bonds. The van der Waals surface area contributed by atoms with Crippen LogP contribution >= 0.6 is 11.8 Å². The van der Waals surface area contributed by atoms with Gasteiger partial charge in [0.15, 0.2) is 16.7 Å². The van der Waals surface area contributed by atoms with Crippen molar-refractivity contribution in [1.29, 1.82) is 5.26 Å². The van der Waals surface area contributed by atoms with E-state index in [-0.39, 0.29) is 12.4 Å². The maximum Gasteiger partial charge on any atom is 0.270 e. The van der Waals surface area contributed by atoms with E-state index in [0.717, 1.165) is 16.9 Å². The van der Waals surface area contributed by atoms with Crippen LogP contribution in [-0.4, -0.2) is 26.7 Å². The summed E-state index contributed by atoms with van der Waals surface area (Å²) < 4.78 is 10.7. The van der Waals surface area contributed by atoms with Crippen LogP contribution in [0.15, 0.2) is 52.4 Å². The normalized spacial score (nSPS) is 12.2. The summed E-state index contributed by atoms with van der Waals surface area (Å²) in [6.45, 7) is 0.144. The minimum absolute atomic E-state index is 0.0445. The van der Waals surface area contributed by atoms with E-state index in [1.165, 1.54) is 11.8 Å². The lowest BCUT2D eigenvalue weighted by atomic mass is 10.1. The molecule has 4 aromatic rings. The Kier molecular flexibility index (Phi) is 4.18. The molecule has 3 heterocycles. The van der Waals surface area contributed by atoms with Crippen molar-refractivity contribution in [2.24, 2.45) is 0 Å². The molecule has 9 heteroatoms. The second-order valence-corrected chi connectivity index (χ2v) is 7.23. The molecule has 2 aromatic carbocycles. The molecule has 1 aliphatic rings. The lowest BCUT2D eigenvalue weighted by molar-refractivity contribution is 0.174. The SMILES string of the molecule is N#Cc1c(-c2ccc3c(c2)OCO3)nc(SCc2nc3ccccc3[nH]2)[nH]c1=O. The molecule has 29 heavy (non-hydrogen) atoms. The molecule has 2 aromatic heterocycles. The van der Waals surface area contributed by atoms with E-state index in [1.807, 2.05) is 30.3 Å². The van der Waals surface area contributed by atoms with E-state index in [2.05, 4.69) is 19.9 Å². The average molecular weight is 403 g/mol. The van der Waals surface area contributed by atoms with Gasteiger partial charge in [-0.15, -0.1) is 0 Å². The Balaban J connectivity index is 1.48. The Morgan fingerprint density at radius 2 is 1.97 bits per heavy atom. The summed E-state index contributed by atoms with van der Waals surface area (Å²) in [4.78, 5) is 27.4. The van der Waals surface area contributed by atoms with Gasteiger partial charge in [-0.25, -0.2) is 9.97 Å². The zero-order valence-corrected chi connectivity index (χ0v) is 15.7. The summed E-state index contributed by atoms with van der Waals surface area (Å²) in [5.41, 5.74) is 2.22. The Bertz CT molecular complexity index is 1310. The van der Waals surface area contributed by atoms with E-state index in [1.54, 1.807) is 18.2 Å². The summed E-state index contributed by atoms with van der Waals surface area (Å²) in [6.07, 6.45) is 0. The van der Waals surface area contributed by atoms with E-state index in [0.29, 0.717) is 33.7 Å². The first kappa shape index (κ1) is 17.3. The van der Waals surface area contributed by atoms with Crippen LogP contribution in [0.25, 0.3) is 22.3 Å². The summed E-state index contributed by atoms with van der Waals surface area (Å²) in [5.74, 6) is 2.44. The Labute approximate surface area is 168 Å². The maximum absolute atomic E-state index is 12.4. The lowest BCUT2D eigenvalue weighted by Crippen LogP contribution is -2.14. The number of hydrogen-bond acceptors (Lipinski definition) is 7. The van der Waals surface area contributed by atoms with Crippen LogP contribution < -0.4 is 15.0 Å². The molecule has 5 rings (SSSR count). The zero-order chi connectivity index (χ0) is 19.8. The molecule has 0 unspecified atom stereocenters. The van der Waals surface area contributed by atoms with Crippen LogP contribution in [0.2, 0.25) is 0 Å². The standard InChI is InChI=1S/C20H13N5O3S/c21-8-12-18(11-5-6-15-16(7-11)28-10-27-15)24-20(25-19(12)26)29-9-17-22-13-3-1-2-4-14(13)23-17/h1-7H,9-10H2,(H,22,23)(H,24,25,26). The summed E-state index contributed by atoms with van der Waals surface area (Å²) in [6, 6.07) is 14.9. The fraction of sp³-hybridized carbons (Fsp3) is 0.100. The largest absolute Gasteiger partial charge is 0.454 e. The summed E-state index contributed by atoms with van der Waals surface area (Å²) >= 11 is 1.33. The second kappa shape index (κ2) is 7.00. The zero-order valence-electron chi connectivity index (χ0n) is 14.9. The van der Waals surface area contributed by atoms with E-state index in [4.69, 9.17) is 9.47 Å². The number of H-pyrrole nitrogens is 2. The van der Waals surface area contributed by atoms with Gasteiger partial charge in [0.05, 0.1) is 22.5 Å². The molecule has 8 nitrogen and oxygen atoms in total. The third kappa shape index (κ3) is 3.19. The number of thioether (sulfide) groups is 1. The molecule has 1 aliphatic heterocycles. The van der Waals surface area contributed by atoms with Gasteiger partial charge in [-0.2, -0.15) is 5.26 Å². The first-order chi connectivity index (χ1) is 14.2. The minimum Gasteiger partial charge on any atom is -0.454 e. The monoisotopic (exact) mass is 403 g/mol. The molecule has 0 saturated carbocycles. The van der Waals surface area contributed by atoms with Gasteiger partial charge >= 0.3 is 0 Å². The quantitative estimate of drug-likeness (QED) is 0.397. The third-order valence-corrected chi connectivity index (χ3v) is 5.32. The van der Waals surface area contributed by atoms with Crippen LogP contribution in [0.4, 0.5) is 0 Å². The Hall–Kier alpha value is -3.77. The van der Waals surface area contributed by atoms with Crippen molar-refractivity contribution in [3.63, 3.8) is 0 Å². The second-order valence-electron chi connectivity index (χ2n) is 6.26. The first-order valence-electron chi connectivity index (χ1n) is 8.72. The van der Waals surface area contributed by atoms with Crippen molar-refractivity contribution in [2.45, 2.75) is 10.9 Å². The van der Waals surface area contributed by atoms with Gasteiger partial charge in [-0.05, 0) is 30.3 Å². The number of imidazole rings is 1. The highest BCUT2D eigenvalue weighted by Crippen LogP contribution is 2.36. The van der Waals surface area contributed by atoms with Crippen molar-refractivity contribution in [2.75, 3.05) is 6.79 Å². The van der Waals surface area contributed by atoms with Crippen LogP contribution in [0.3, 0.4) is 0 Å². The van der Waals surface area contributed by atoms with Crippen molar-refractivity contribution in [1.82, 2.24) is 19.9 Å². The number of hydrogen-bond donors (Lipinski definition) is 2. The van der Waals surface area contributed by atoms with Crippen molar-refractivity contribution < 1.29 is 9.47 Å². The number of aromatic amines is 2. The molecule has 2 N–H and O–H groups in total. The van der Waals surface area contributed by atoms with E-state index in [9.17, 15) is 10.1 Å². The van der Waals surface area contributed by atoms with Crippen LogP contribution in [0.1, 0.15) is 11.4 Å². The van der Waals surface area contributed by atoms with Gasteiger partial charge in [-0.3, -0.25) is 4.79 Å². The predicted molar refractivity (Wildman–Crippen MR) is 107 cm³/mol. The van der Waals surface area contributed by atoms with Crippen molar-refractivity contribution in [3.05, 3.63) is 64.2 Å². The van der Waals surface area contributed by atoms with Crippen LogP contribution in [0.5, 0.6) is 11.5 Å². The smallest absolute Gasteiger partial charge is 0.270 e. The van der Waals surface area contributed by atoms with Gasteiger partial charge in [0.25, 0.3) is 5.56 Å². The number of nitrogens with zero attached hydrogens (tertiary/aromatic N) is 3. The van der Waals surface area contributed by atoms with Gasteiger partial charge in [0.2, 0.25) is 6.79 Å². The number of ether oxygens (including phenoxy) is 2. The van der Waals surface area contributed by atoms with Gasteiger partial charge in [-0.1, -0.05) is 23.9 Å². The van der Waals surface area contributed by atoms with Crippen LogP contribution in [-0.2, 0) is 5.75 Å². The van der Waals surface area contributed by atoms with Gasteiger partial charge in [0.1, 0.15) is 17.5 Å². The lowest BCUT2D eigenvalue weighted by Gasteiger charge is -2.07. The van der Waals surface area contributed by atoms with E-state index < -0.39 is 5.56 Å². The average Bonchev–Trinajstić information content (AvgIpc) is 3.37. The third-order valence-electron chi connectivity index (χ3n) is 4.44. The number of nitrogens with one attached hydrogen (secondary N) is 2. The van der Waals surface area contributed by atoms with Crippen molar-refractivity contribution in [3.8, 4) is 28.8 Å². The Morgan fingerprint density at radius 3 is 2.83 bits per heavy atom. The molecule has 0 saturated heterocycles. The fourth-order valence-electron chi connectivity index (χ4n) is 3.09. The number of aromatic nitrogens is 4. The Morgan fingerprint density at radius 1 is 1.10 bits per heavy atom. The molecule has 0 aliphatic carbocycles. The van der Waals surface area contributed by atoms with Gasteiger partial charge in [0, 0.05) is 5.56 Å². The topological polar surface area (TPSA) is 117 Å². The predicted octanol–water partition coefficient (Wildman–Crippen LogP) is 3.21. The first-order valence-corrected chi connectivity index (χ1v) is 9.71. The number of nitriles is 1. The highest BCUT2D eigenvalue weighted by Gasteiger charge is 2.19.